The van der Waals surface area contributed by atoms with Crippen LogP contribution < -0.4 is 5.32 Å². The number of esters is 1. The molecule has 0 bridgehead atoms. The van der Waals surface area contributed by atoms with E-state index in [1.807, 2.05) is 0 Å². The Hall–Kier alpha value is -0.610. The zero-order chi connectivity index (χ0) is 13.1. The van der Waals surface area contributed by atoms with Crippen molar-refractivity contribution in [3.8, 4) is 0 Å². The van der Waals surface area contributed by atoms with Gasteiger partial charge in [0.05, 0.1) is 7.11 Å². The van der Waals surface area contributed by atoms with Crippen molar-refractivity contribution in [3.63, 3.8) is 0 Å². The highest BCUT2D eigenvalue weighted by Gasteiger charge is 2.34. The third kappa shape index (κ3) is 3.68. The molecule has 17 heavy (non-hydrogen) atoms. The zero-order valence-corrected chi connectivity index (χ0v) is 11.3. The van der Waals surface area contributed by atoms with Crippen molar-refractivity contribution in [2.75, 3.05) is 13.7 Å². The molecule has 1 aliphatic carbocycles. The van der Waals surface area contributed by atoms with Crippen molar-refractivity contribution in [1.82, 2.24) is 5.32 Å². The van der Waals surface area contributed by atoms with E-state index in [9.17, 15) is 9.90 Å². The summed E-state index contributed by atoms with van der Waals surface area (Å²) in [5.41, 5.74) is -1.44. The number of ether oxygens (including phenoxy) is 1. The molecule has 1 saturated carbocycles. The Labute approximate surface area is 104 Å². The van der Waals surface area contributed by atoms with Crippen LogP contribution in [0.3, 0.4) is 0 Å². The van der Waals surface area contributed by atoms with Gasteiger partial charge in [0.15, 0.2) is 5.60 Å². The van der Waals surface area contributed by atoms with E-state index in [-0.39, 0.29) is 6.54 Å². The summed E-state index contributed by atoms with van der Waals surface area (Å²) in [4.78, 5) is 11.3. The Morgan fingerprint density at radius 1 is 1.47 bits per heavy atom. The smallest absolute Gasteiger partial charge is 0.338 e. The summed E-state index contributed by atoms with van der Waals surface area (Å²) in [6, 6.07) is 0.384. The molecule has 4 nitrogen and oxygen atoms in total. The fourth-order valence-electron chi connectivity index (χ4n) is 2.49. The molecule has 0 saturated heterocycles. The Balaban J connectivity index is 2.47. The van der Waals surface area contributed by atoms with Crippen molar-refractivity contribution >= 4 is 5.97 Å². The van der Waals surface area contributed by atoms with Gasteiger partial charge in [-0.1, -0.05) is 26.7 Å². The monoisotopic (exact) mass is 243 g/mol. The molecular formula is C13H25NO3. The highest BCUT2D eigenvalue weighted by Crippen LogP contribution is 2.29. The number of methoxy groups -OCH3 is 1. The lowest BCUT2D eigenvalue weighted by atomic mass is 9.78. The van der Waals surface area contributed by atoms with Crippen LogP contribution in [-0.2, 0) is 9.53 Å². The van der Waals surface area contributed by atoms with Gasteiger partial charge in [0.2, 0.25) is 0 Å². The Bertz CT molecular complexity index is 265. The fourth-order valence-corrected chi connectivity index (χ4v) is 2.49. The number of hydrogen-bond donors (Lipinski definition) is 2. The third-order valence-corrected chi connectivity index (χ3v) is 4.04. The van der Waals surface area contributed by atoms with Crippen molar-refractivity contribution in [2.24, 2.45) is 11.8 Å². The highest BCUT2D eigenvalue weighted by atomic mass is 16.5. The number of aliphatic hydroxyl groups is 1. The van der Waals surface area contributed by atoms with E-state index in [4.69, 9.17) is 0 Å². The molecule has 0 aromatic carbocycles. The minimum absolute atomic E-state index is 0.251. The van der Waals surface area contributed by atoms with Crippen molar-refractivity contribution in [1.29, 1.82) is 0 Å². The normalized spacial score (nSPS) is 32.9. The molecule has 2 N–H and O–H groups in total. The maximum Gasteiger partial charge on any atom is 0.338 e. The van der Waals surface area contributed by atoms with E-state index in [0.717, 1.165) is 6.42 Å². The first-order chi connectivity index (χ1) is 7.88. The van der Waals surface area contributed by atoms with Crippen LogP contribution in [0.4, 0.5) is 0 Å². The van der Waals surface area contributed by atoms with E-state index < -0.39 is 11.6 Å². The average molecular weight is 243 g/mol. The first-order valence-electron chi connectivity index (χ1n) is 6.42. The zero-order valence-electron chi connectivity index (χ0n) is 11.3. The van der Waals surface area contributed by atoms with E-state index >= 15 is 0 Å². The van der Waals surface area contributed by atoms with Crippen LogP contribution in [0.15, 0.2) is 0 Å². The quantitative estimate of drug-likeness (QED) is 0.731. The summed E-state index contributed by atoms with van der Waals surface area (Å²) >= 11 is 0. The van der Waals surface area contributed by atoms with Gasteiger partial charge in [0.25, 0.3) is 0 Å². The molecule has 0 aromatic heterocycles. The lowest BCUT2D eigenvalue weighted by Gasteiger charge is -2.36. The molecule has 1 aliphatic rings. The van der Waals surface area contributed by atoms with Crippen LogP contribution in [0.2, 0.25) is 0 Å². The van der Waals surface area contributed by atoms with E-state index in [0.29, 0.717) is 17.9 Å². The van der Waals surface area contributed by atoms with Crippen LogP contribution in [0.25, 0.3) is 0 Å². The van der Waals surface area contributed by atoms with Gasteiger partial charge in [-0.15, -0.1) is 0 Å². The molecule has 4 heteroatoms. The summed E-state index contributed by atoms with van der Waals surface area (Å²) in [6.07, 6.45) is 3.60. The molecule has 4 atom stereocenters. The Morgan fingerprint density at radius 3 is 2.71 bits per heavy atom. The van der Waals surface area contributed by atoms with E-state index in [2.05, 4.69) is 23.9 Å². The van der Waals surface area contributed by atoms with Gasteiger partial charge in [-0.25, -0.2) is 4.79 Å². The van der Waals surface area contributed by atoms with Crippen LogP contribution >= 0.6 is 0 Å². The standard InChI is InChI=1S/C13H25NO3/c1-9-6-5-7-11(10(9)2)14-8-13(3,16)12(15)17-4/h9-11,14,16H,5-8H2,1-4H3. The lowest BCUT2D eigenvalue weighted by molar-refractivity contribution is -0.160. The van der Waals surface area contributed by atoms with Gasteiger partial charge in [-0.2, -0.15) is 0 Å². The van der Waals surface area contributed by atoms with Crippen LogP contribution in [0.1, 0.15) is 40.0 Å². The second-order valence-electron chi connectivity index (χ2n) is 5.52. The molecule has 1 fully saturated rings. The summed E-state index contributed by atoms with van der Waals surface area (Å²) in [5.74, 6) is 0.697. The summed E-state index contributed by atoms with van der Waals surface area (Å²) in [7, 11) is 1.29. The molecule has 0 heterocycles. The predicted octanol–water partition coefficient (Wildman–Crippen LogP) is 1.32. The fraction of sp³-hybridized carbons (Fsp3) is 0.923. The highest BCUT2D eigenvalue weighted by molar-refractivity contribution is 5.78. The number of hydrogen-bond acceptors (Lipinski definition) is 4. The minimum Gasteiger partial charge on any atom is -0.467 e. The summed E-state index contributed by atoms with van der Waals surface area (Å²) in [5, 5.41) is 13.2. The third-order valence-electron chi connectivity index (χ3n) is 4.04. The summed E-state index contributed by atoms with van der Waals surface area (Å²) in [6.45, 7) is 6.23. The van der Waals surface area contributed by atoms with E-state index in [1.165, 1.54) is 26.9 Å². The molecule has 100 valence electrons. The molecule has 0 amide bonds. The molecular weight excluding hydrogens is 218 g/mol. The van der Waals surface area contributed by atoms with Crippen LogP contribution in [0.5, 0.6) is 0 Å². The predicted molar refractivity (Wildman–Crippen MR) is 66.6 cm³/mol. The Kier molecular flexibility index (Phi) is 4.95. The first kappa shape index (κ1) is 14.5. The molecule has 0 aliphatic heterocycles. The molecule has 0 radical (unpaired) electrons. The topological polar surface area (TPSA) is 58.6 Å². The second-order valence-corrected chi connectivity index (χ2v) is 5.52. The van der Waals surface area contributed by atoms with Gasteiger partial charge in [-0.3, -0.25) is 0 Å². The summed E-state index contributed by atoms with van der Waals surface area (Å²) < 4.78 is 4.57. The maximum atomic E-state index is 11.3. The van der Waals surface area contributed by atoms with Crippen molar-refractivity contribution in [2.45, 2.75) is 51.7 Å². The number of rotatable bonds is 4. The van der Waals surface area contributed by atoms with Gasteiger partial charge in [-0.05, 0) is 25.2 Å². The maximum absolute atomic E-state index is 11.3. The number of carbonyl (C=O) groups excluding carboxylic acids is 1. The van der Waals surface area contributed by atoms with Crippen molar-refractivity contribution in [3.05, 3.63) is 0 Å². The van der Waals surface area contributed by atoms with Gasteiger partial charge in [0, 0.05) is 12.6 Å². The number of carbonyl (C=O) groups is 1. The molecule has 4 unspecified atom stereocenters. The largest absolute Gasteiger partial charge is 0.467 e. The lowest BCUT2D eigenvalue weighted by Crippen LogP contribution is -2.51. The first-order valence-corrected chi connectivity index (χ1v) is 6.42. The van der Waals surface area contributed by atoms with Crippen LogP contribution in [0, 0.1) is 11.8 Å². The Morgan fingerprint density at radius 2 is 2.12 bits per heavy atom. The number of nitrogens with one attached hydrogen (secondary N) is 1. The second kappa shape index (κ2) is 5.83. The SMILES string of the molecule is COC(=O)C(C)(O)CNC1CCCC(C)C1C. The van der Waals surface area contributed by atoms with Crippen molar-refractivity contribution < 1.29 is 14.6 Å². The van der Waals surface area contributed by atoms with Gasteiger partial charge < -0.3 is 15.2 Å². The van der Waals surface area contributed by atoms with Gasteiger partial charge >= 0.3 is 5.97 Å². The molecule has 0 spiro atoms. The molecule has 0 aromatic rings. The average Bonchev–Trinajstić information content (AvgIpc) is 2.30. The minimum atomic E-state index is -1.44. The van der Waals surface area contributed by atoms with Gasteiger partial charge in [0.1, 0.15) is 0 Å². The van der Waals surface area contributed by atoms with E-state index in [1.54, 1.807) is 0 Å². The molecule has 1 rings (SSSR count). The van der Waals surface area contributed by atoms with Crippen LogP contribution in [-0.4, -0.2) is 36.4 Å².